The van der Waals surface area contributed by atoms with E-state index >= 15 is 0 Å². The smallest absolute Gasteiger partial charge is 0.236 e. The molecule has 0 aliphatic carbocycles. The van der Waals surface area contributed by atoms with Crippen LogP contribution in [0.1, 0.15) is 18.9 Å². The molecule has 19 heavy (non-hydrogen) atoms. The van der Waals surface area contributed by atoms with Crippen LogP contribution >= 0.6 is 15.9 Å². The first kappa shape index (κ1) is 12.9. The second-order valence-electron chi connectivity index (χ2n) is 5.63. The van der Waals surface area contributed by atoms with Gasteiger partial charge in [-0.25, -0.2) is 0 Å². The normalized spacial score (nSPS) is 28.9. The fourth-order valence-electron chi connectivity index (χ4n) is 3.58. The summed E-state index contributed by atoms with van der Waals surface area (Å²) in [5, 5.41) is 3.47. The van der Waals surface area contributed by atoms with Gasteiger partial charge in [0.1, 0.15) is 0 Å². The SMILES string of the molecule is C[C@@]12CNCCC1N(CC(N)=O)c1c(Br)cccc12. The first-order chi connectivity index (χ1) is 9.04. The zero-order valence-corrected chi connectivity index (χ0v) is 12.5. The largest absolute Gasteiger partial charge is 0.368 e. The molecular formula is C14H18BrN3O. The van der Waals surface area contributed by atoms with Gasteiger partial charge in [-0.1, -0.05) is 19.1 Å². The van der Waals surface area contributed by atoms with Crippen LogP contribution in [-0.4, -0.2) is 31.6 Å². The van der Waals surface area contributed by atoms with Crippen molar-refractivity contribution in [2.75, 3.05) is 24.5 Å². The van der Waals surface area contributed by atoms with Crippen LogP contribution in [0.3, 0.4) is 0 Å². The van der Waals surface area contributed by atoms with Crippen LogP contribution < -0.4 is 16.0 Å². The number of fused-ring (bicyclic) bond motifs is 3. The Morgan fingerprint density at radius 3 is 3.16 bits per heavy atom. The van der Waals surface area contributed by atoms with Gasteiger partial charge in [-0.15, -0.1) is 0 Å². The molecular weight excluding hydrogens is 306 g/mol. The van der Waals surface area contributed by atoms with Crippen molar-refractivity contribution >= 4 is 27.5 Å². The highest BCUT2D eigenvalue weighted by atomic mass is 79.9. The number of rotatable bonds is 2. The van der Waals surface area contributed by atoms with Crippen LogP contribution in [0.2, 0.25) is 0 Å². The molecule has 2 aliphatic rings. The summed E-state index contributed by atoms with van der Waals surface area (Å²) in [6.07, 6.45) is 1.03. The Morgan fingerprint density at radius 2 is 2.42 bits per heavy atom. The highest BCUT2D eigenvalue weighted by molar-refractivity contribution is 9.10. The summed E-state index contributed by atoms with van der Waals surface area (Å²) < 4.78 is 1.04. The van der Waals surface area contributed by atoms with Gasteiger partial charge in [0.2, 0.25) is 5.91 Å². The van der Waals surface area contributed by atoms with Crippen LogP contribution in [0.4, 0.5) is 5.69 Å². The van der Waals surface area contributed by atoms with Crippen molar-refractivity contribution in [2.24, 2.45) is 5.73 Å². The number of para-hydroxylation sites is 1. The highest BCUT2D eigenvalue weighted by Crippen LogP contribution is 2.50. The van der Waals surface area contributed by atoms with E-state index in [2.05, 4.69) is 45.2 Å². The van der Waals surface area contributed by atoms with Crippen molar-refractivity contribution in [3.63, 3.8) is 0 Å². The summed E-state index contributed by atoms with van der Waals surface area (Å²) in [5.74, 6) is -0.274. The van der Waals surface area contributed by atoms with Crippen LogP contribution in [0.15, 0.2) is 22.7 Å². The monoisotopic (exact) mass is 323 g/mol. The van der Waals surface area contributed by atoms with E-state index in [4.69, 9.17) is 5.73 Å². The molecule has 1 unspecified atom stereocenters. The third kappa shape index (κ3) is 1.87. The van der Waals surface area contributed by atoms with Crippen molar-refractivity contribution in [1.82, 2.24) is 5.32 Å². The summed E-state index contributed by atoms with van der Waals surface area (Å²) in [6, 6.07) is 6.60. The maximum Gasteiger partial charge on any atom is 0.236 e. The zero-order chi connectivity index (χ0) is 13.6. The number of hydrogen-bond acceptors (Lipinski definition) is 3. The molecule has 2 atom stereocenters. The average Bonchev–Trinajstić information content (AvgIpc) is 2.60. The number of anilines is 1. The first-order valence-corrected chi connectivity index (χ1v) is 7.38. The first-order valence-electron chi connectivity index (χ1n) is 6.58. The molecule has 4 nitrogen and oxygen atoms in total. The number of nitrogens with one attached hydrogen (secondary N) is 1. The minimum absolute atomic E-state index is 0.0484. The predicted octanol–water partition coefficient (Wildman–Crippen LogP) is 1.37. The van der Waals surface area contributed by atoms with Gasteiger partial charge in [-0.05, 0) is 40.5 Å². The molecule has 0 saturated carbocycles. The average molecular weight is 324 g/mol. The predicted molar refractivity (Wildman–Crippen MR) is 79.3 cm³/mol. The molecule has 1 fully saturated rings. The van der Waals surface area contributed by atoms with E-state index < -0.39 is 0 Å². The number of nitrogens with zero attached hydrogens (tertiary/aromatic N) is 1. The third-order valence-electron chi connectivity index (χ3n) is 4.41. The molecule has 1 aromatic carbocycles. The van der Waals surface area contributed by atoms with Gasteiger partial charge in [0, 0.05) is 22.5 Å². The molecule has 102 valence electrons. The van der Waals surface area contributed by atoms with Gasteiger partial charge in [0.25, 0.3) is 0 Å². The molecule has 1 aromatic rings. The summed E-state index contributed by atoms with van der Waals surface area (Å²) in [5.41, 5.74) is 7.92. The lowest BCUT2D eigenvalue weighted by atomic mass is 9.75. The van der Waals surface area contributed by atoms with Crippen molar-refractivity contribution in [3.05, 3.63) is 28.2 Å². The molecule has 2 aliphatic heterocycles. The fraction of sp³-hybridized carbons (Fsp3) is 0.500. The third-order valence-corrected chi connectivity index (χ3v) is 5.05. The minimum atomic E-state index is -0.274. The molecule has 3 N–H and O–H groups in total. The number of piperidine rings is 1. The molecule has 0 aromatic heterocycles. The Hall–Kier alpha value is -1.07. The molecule has 0 bridgehead atoms. The summed E-state index contributed by atoms with van der Waals surface area (Å²) in [7, 11) is 0. The van der Waals surface area contributed by atoms with Gasteiger partial charge < -0.3 is 16.0 Å². The van der Waals surface area contributed by atoms with Gasteiger partial charge in [-0.2, -0.15) is 0 Å². The number of amides is 1. The van der Waals surface area contributed by atoms with Crippen LogP contribution in [-0.2, 0) is 10.2 Å². The lowest BCUT2D eigenvalue weighted by Crippen LogP contribution is -2.55. The Labute approximate surface area is 121 Å². The molecule has 1 amide bonds. The Morgan fingerprint density at radius 1 is 1.63 bits per heavy atom. The molecule has 1 saturated heterocycles. The maximum atomic E-state index is 11.4. The van der Waals surface area contributed by atoms with Gasteiger partial charge in [0.15, 0.2) is 0 Å². The number of carbonyl (C=O) groups is 1. The number of nitrogens with two attached hydrogens (primary N) is 1. The number of benzene rings is 1. The lowest BCUT2D eigenvalue weighted by molar-refractivity contribution is -0.116. The standard InChI is InChI=1S/C14H18BrN3O/c1-14-8-17-6-5-11(14)18(7-12(16)19)13-9(14)3-2-4-10(13)15/h2-4,11,17H,5-8H2,1H3,(H2,16,19)/t11?,14-/m0/s1. The van der Waals surface area contributed by atoms with E-state index in [-0.39, 0.29) is 17.9 Å². The molecule has 0 spiro atoms. The molecule has 3 rings (SSSR count). The maximum absolute atomic E-state index is 11.4. The summed E-state index contributed by atoms with van der Waals surface area (Å²) in [4.78, 5) is 13.6. The van der Waals surface area contributed by atoms with E-state index in [0.717, 1.165) is 29.7 Å². The van der Waals surface area contributed by atoms with Crippen LogP contribution in [0.25, 0.3) is 0 Å². The summed E-state index contributed by atoms with van der Waals surface area (Å²) in [6.45, 7) is 4.49. The van der Waals surface area contributed by atoms with E-state index in [9.17, 15) is 4.79 Å². The van der Waals surface area contributed by atoms with Gasteiger partial charge in [0.05, 0.1) is 12.2 Å². The topological polar surface area (TPSA) is 58.4 Å². The minimum Gasteiger partial charge on any atom is -0.368 e. The Bertz CT molecular complexity index is 533. The van der Waals surface area contributed by atoms with Crippen molar-refractivity contribution in [2.45, 2.75) is 24.8 Å². The van der Waals surface area contributed by atoms with Crippen LogP contribution in [0.5, 0.6) is 0 Å². The molecule has 0 radical (unpaired) electrons. The molecule has 2 heterocycles. The van der Waals surface area contributed by atoms with Crippen molar-refractivity contribution in [1.29, 1.82) is 0 Å². The van der Waals surface area contributed by atoms with Crippen LogP contribution in [0, 0.1) is 0 Å². The van der Waals surface area contributed by atoms with Crippen molar-refractivity contribution in [3.8, 4) is 0 Å². The lowest BCUT2D eigenvalue weighted by Gasteiger charge is -2.40. The Balaban J connectivity index is 2.14. The second kappa shape index (κ2) is 4.49. The van der Waals surface area contributed by atoms with Gasteiger partial charge >= 0.3 is 0 Å². The highest BCUT2D eigenvalue weighted by Gasteiger charge is 2.49. The second-order valence-corrected chi connectivity index (χ2v) is 6.48. The number of halogens is 1. The zero-order valence-electron chi connectivity index (χ0n) is 10.9. The summed E-state index contributed by atoms with van der Waals surface area (Å²) >= 11 is 3.62. The van der Waals surface area contributed by atoms with Gasteiger partial charge in [-0.3, -0.25) is 4.79 Å². The van der Waals surface area contributed by atoms with E-state index in [1.54, 1.807) is 0 Å². The Kier molecular flexibility index (Phi) is 3.06. The van der Waals surface area contributed by atoms with E-state index in [1.165, 1.54) is 5.56 Å². The van der Waals surface area contributed by atoms with Crippen molar-refractivity contribution < 1.29 is 4.79 Å². The van der Waals surface area contributed by atoms with E-state index in [1.807, 2.05) is 6.07 Å². The number of primary amides is 1. The number of carbonyl (C=O) groups excluding carboxylic acids is 1. The molecule has 5 heteroatoms. The fourth-order valence-corrected chi connectivity index (χ4v) is 4.17. The van der Waals surface area contributed by atoms with E-state index in [0.29, 0.717) is 6.04 Å². The quantitative estimate of drug-likeness (QED) is 0.864. The number of hydrogen-bond donors (Lipinski definition) is 2.